The van der Waals surface area contributed by atoms with E-state index in [4.69, 9.17) is 9.47 Å². The zero-order valence-electron chi connectivity index (χ0n) is 17.7. The molecule has 0 unspecified atom stereocenters. The Balaban J connectivity index is 1.20. The number of benzene rings is 1. The minimum atomic E-state index is 0.0142. The Morgan fingerprint density at radius 2 is 2.00 bits per heavy atom. The van der Waals surface area contributed by atoms with Gasteiger partial charge in [0, 0.05) is 43.2 Å². The van der Waals surface area contributed by atoms with Crippen molar-refractivity contribution >= 4 is 5.91 Å². The summed E-state index contributed by atoms with van der Waals surface area (Å²) >= 11 is 0. The summed E-state index contributed by atoms with van der Waals surface area (Å²) in [6, 6.07) is 9.69. The van der Waals surface area contributed by atoms with E-state index in [1.807, 2.05) is 36.5 Å². The van der Waals surface area contributed by atoms with Crippen LogP contribution in [0.15, 0.2) is 55.2 Å². The second-order valence-corrected chi connectivity index (χ2v) is 8.10. The number of hydrogen-bond donors (Lipinski definition) is 1. The van der Waals surface area contributed by atoms with Crippen molar-refractivity contribution in [3.8, 4) is 22.6 Å². The highest BCUT2D eigenvalue weighted by Crippen LogP contribution is 2.33. The number of piperidine rings is 1. The maximum Gasteiger partial charge on any atom is 0.234 e. The van der Waals surface area contributed by atoms with Crippen LogP contribution < -0.4 is 14.8 Å². The van der Waals surface area contributed by atoms with Crippen LogP contribution in [0, 0.1) is 0 Å². The van der Waals surface area contributed by atoms with Gasteiger partial charge in [-0.2, -0.15) is 0 Å². The zero-order valence-corrected chi connectivity index (χ0v) is 17.7. The molecular formula is C24H25N5O3. The quantitative estimate of drug-likeness (QED) is 0.642. The van der Waals surface area contributed by atoms with Crippen LogP contribution in [-0.2, 0) is 11.3 Å². The minimum Gasteiger partial charge on any atom is -0.454 e. The molecule has 0 saturated carbocycles. The van der Waals surface area contributed by atoms with Gasteiger partial charge in [0.05, 0.1) is 12.2 Å². The lowest BCUT2D eigenvalue weighted by molar-refractivity contribution is -0.122. The van der Waals surface area contributed by atoms with Crippen molar-refractivity contribution in [1.82, 2.24) is 25.2 Å². The average Bonchev–Trinajstić information content (AvgIpc) is 3.31. The molecule has 2 aliphatic heterocycles. The van der Waals surface area contributed by atoms with E-state index in [9.17, 15) is 4.79 Å². The molecule has 1 aromatic carbocycles. The molecule has 0 radical (unpaired) electrons. The lowest BCUT2D eigenvalue weighted by atomic mass is 9.90. The van der Waals surface area contributed by atoms with E-state index in [-0.39, 0.29) is 18.6 Å². The maximum atomic E-state index is 12.6. The summed E-state index contributed by atoms with van der Waals surface area (Å²) in [5, 5.41) is 3.02. The smallest absolute Gasteiger partial charge is 0.234 e. The standard InChI is InChI=1S/C24H25N5O3/c30-23(27-11-17-3-4-21-22(10-17)32-16-31-21)14-29-9-1-2-19(13-29)24-20(12-26-15-28-24)18-5-7-25-8-6-18/h3-8,10,12,15,19H,1-2,9,11,13-14,16H2,(H,27,30)/t19-/m1/s1. The van der Waals surface area contributed by atoms with E-state index in [1.165, 1.54) is 0 Å². The lowest BCUT2D eigenvalue weighted by Gasteiger charge is -2.32. The summed E-state index contributed by atoms with van der Waals surface area (Å²) in [4.78, 5) is 27.8. The number of rotatable bonds is 6. The van der Waals surface area contributed by atoms with Crippen LogP contribution in [0.3, 0.4) is 0 Å². The summed E-state index contributed by atoms with van der Waals surface area (Å²) in [5.41, 5.74) is 4.13. The van der Waals surface area contributed by atoms with Crippen molar-refractivity contribution in [2.24, 2.45) is 0 Å². The highest BCUT2D eigenvalue weighted by molar-refractivity contribution is 5.78. The van der Waals surface area contributed by atoms with Gasteiger partial charge in [0.15, 0.2) is 11.5 Å². The van der Waals surface area contributed by atoms with Crippen molar-refractivity contribution in [3.05, 3.63) is 66.5 Å². The Morgan fingerprint density at radius 1 is 1.12 bits per heavy atom. The summed E-state index contributed by atoms with van der Waals surface area (Å²) in [6.07, 6.45) is 9.11. The van der Waals surface area contributed by atoms with Gasteiger partial charge in [-0.25, -0.2) is 9.97 Å². The third kappa shape index (κ3) is 4.55. The number of aromatic nitrogens is 3. The first kappa shape index (κ1) is 20.4. The molecule has 8 nitrogen and oxygen atoms in total. The summed E-state index contributed by atoms with van der Waals surface area (Å²) < 4.78 is 10.7. The number of fused-ring (bicyclic) bond motifs is 1. The van der Waals surface area contributed by atoms with E-state index < -0.39 is 0 Å². The number of likely N-dealkylation sites (tertiary alicyclic amines) is 1. The number of nitrogens with one attached hydrogen (secondary N) is 1. The van der Waals surface area contributed by atoms with Gasteiger partial charge in [-0.15, -0.1) is 0 Å². The molecular weight excluding hydrogens is 406 g/mol. The third-order valence-electron chi connectivity index (χ3n) is 5.92. The molecule has 5 rings (SSSR count). The molecule has 1 amide bonds. The summed E-state index contributed by atoms with van der Waals surface area (Å²) in [6.45, 7) is 2.79. The van der Waals surface area contributed by atoms with Crippen molar-refractivity contribution < 1.29 is 14.3 Å². The monoisotopic (exact) mass is 431 g/mol. The molecule has 1 fully saturated rings. The number of carbonyl (C=O) groups excluding carboxylic acids is 1. The lowest BCUT2D eigenvalue weighted by Crippen LogP contribution is -2.42. The molecule has 164 valence electrons. The Bertz CT molecular complexity index is 1090. The van der Waals surface area contributed by atoms with Gasteiger partial charge >= 0.3 is 0 Å². The van der Waals surface area contributed by atoms with Crippen LogP contribution in [0.25, 0.3) is 11.1 Å². The number of nitrogens with zero attached hydrogens (tertiary/aromatic N) is 4. The van der Waals surface area contributed by atoms with Gasteiger partial charge in [0.2, 0.25) is 12.7 Å². The molecule has 8 heteroatoms. The van der Waals surface area contributed by atoms with Gasteiger partial charge in [0.25, 0.3) is 0 Å². The number of carbonyl (C=O) groups is 1. The number of pyridine rings is 1. The highest BCUT2D eigenvalue weighted by atomic mass is 16.7. The topological polar surface area (TPSA) is 89.5 Å². The highest BCUT2D eigenvalue weighted by Gasteiger charge is 2.26. The van der Waals surface area contributed by atoms with Crippen molar-refractivity contribution in [2.75, 3.05) is 26.4 Å². The Hall–Kier alpha value is -3.52. The number of amides is 1. The molecule has 0 spiro atoms. The number of hydrogen-bond acceptors (Lipinski definition) is 7. The van der Waals surface area contributed by atoms with Crippen LogP contribution in [0.1, 0.15) is 30.0 Å². The van der Waals surface area contributed by atoms with Gasteiger partial charge < -0.3 is 14.8 Å². The molecule has 2 aromatic heterocycles. The minimum absolute atomic E-state index is 0.0142. The van der Waals surface area contributed by atoms with E-state index >= 15 is 0 Å². The first-order valence-electron chi connectivity index (χ1n) is 10.8. The van der Waals surface area contributed by atoms with Crippen molar-refractivity contribution in [3.63, 3.8) is 0 Å². The van der Waals surface area contributed by atoms with Crippen molar-refractivity contribution in [2.45, 2.75) is 25.3 Å². The molecule has 4 heterocycles. The molecule has 32 heavy (non-hydrogen) atoms. The SMILES string of the molecule is O=C(CN1CCC[C@@H](c2ncncc2-c2ccncc2)C1)NCc1ccc2c(c1)OCO2. The molecule has 0 bridgehead atoms. The molecule has 0 aliphatic carbocycles. The van der Waals surface area contributed by atoms with Crippen LogP contribution in [0.5, 0.6) is 11.5 Å². The molecule has 3 aromatic rings. The van der Waals surface area contributed by atoms with E-state index in [0.717, 1.165) is 59.8 Å². The van der Waals surface area contributed by atoms with Gasteiger partial charge in [-0.3, -0.25) is 14.7 Å². The van der Waals surface area contributed by atoms with Crippen LogP contribution in [-0.4, -0.2) is 52.2 Å². The van der Waals surface area contributed by atoms with Crippen molar-refractivity contribution in [1.29, 1.82) is 0 Å². The first-order chi connectivity index (χ1) is 15.8. The van der Waals surface area contributed by atoms with Gasteiger partial charge in [-0.05, 0) is 54.8 Å². The second kappa shape index (κ2) is 9.32. The molecule has 1 atom stereocenters. The van der Waals surface area contributed by atoms with E-state index in [0.29, 0.717) is 13.1 Å². The van der Waals surface area contributed by atoms with Crippen LogP contribution in [0.2, 0.25) is 0 Å². The average molecular weight is 431 g/mol. The van der Waals surface area contributed by atoms with E-state index in [2.05, 4.69) is 25.2 Å². The van der Waals surface area contributed by atoms with E-state index in [1.54, 1.807) is 18.7 Å². The zero-order chi connectivity index (χ0) is 21.8. The first-order valence-corrected chi connectivity index (χ1v) is 10.8. The molecule has 1 saturated heterocycles. The maximum absolute atomic E-state index is 12.6. The Morgan fingerprint density at radius 3 is 2.91 bits per heavy atom. The fourth-order valence-corrected chi connectivity index (χ4v) is 4.35. The largest absolute Gasteiger partial charge is 0.454 e. The van der Waals surface area contributed by atoms with Gasteiger partial charge in [-0.1, -0.05) is 6.07 Å². The van der Waals surface area contributed by atoms with Crippen LogP contribution in [0.4, 0.5) is 0 Å². The number of ether oxygens (including phenoxy) is 2. The Labute approximate surface area is 186 Å². The van der Waals surface area contributed by atoms with Crippen LogP contribution >= 0.6 is 0 Å². The second-order valence-electron chi connectivity index (χ2n) is 8.10. The Kier molecular flexibility index (Phi) is 5.93. The molecule has 1 N–H and O–H groups in total. The normalized spacial score (nSPS) is 17.8. The van der Waals surface area contributed by atoms with Gasteiger partial charge in [0.1, 0.15) is 6.33 Å². The third-order valence-corrected chi connectivity index (χ3v) is 5.92. The predicted molar refractivity (Wildman–Crippen MR) is 118 cm³/mol. The summed E-state index contributed by atoms with van der Waals surface area (Å²) in [7, 11) is 0. The fraction of sp³-hybridized carbons (Fsp3) is 0.333. The predicted octanol–water partition coefficient (Wildman–Crippen LogP) is 2.76. The fourth-order valence-electron chi connectivity index (χ4n) is 4.35. The summed E-state index contributed by atoms with van der Waals surface area (Å²) in [5.74, 6) is 1.75. The molecule has 2 aliphatic rings.